The van der Waals surface area contributed by atoms with Crippen LogP contribution < -0.4 is 5.32 Å². The molecule has 0 unspecified atom stereocenters. The van der Waals surface area contributed by atoms with Crippen molar-refractivity contribution in [2.24, 2.45) is 0 Å². The van der Waals surface area contributed by atoms with E-state index < -0.39 is 0 Å². The molecule has 88 valence electrons. The van der Waals surface area contributed by atoms with Gasteiger partial charge in [0.1, 0.15) is 5.82 Å². The Morgan fingerprint density at radius 2 is 2.06 bits per heavy atom. The second-order valence-corrected chi connectivity index (χ2v) is 3.56. The van der Waals surface area contributed by atoms with Crippen molar-refractivity contribution in [3.05, 3.63) is 23.2 Å². The van der Waals surface area contributed by atoms with Crippen molar-refractivity contribution in [1.29, 1.82) is 0 Å². The molecule has 4 heteroatoms. The lowest BCUT2D eigenvalue weighted by atomic mass is 10.2. The number of allylic oxidation sites excluding steroid dienone is 1. The van der Waals surface area contributed by atoms with Crippen molar-refractivity contribution >= 4 is 11.9 Å². The molecule has 1 heterocycles. The zero-order valence-electron chi connectivity index (χ0n) is 10.4. The number of anilines is 1. The highest BCUT2D eigenvalue weighted by Crippen LogP contribution is 2.15. The Balaban J connectivity index is 2.88. The molecule has 0 amide bonds. The van der Waals surface area contributed by atoms with Crippen LogP contribution in [-0.2, 0) is 4.74 Å². The van der Waals surface area contributed by atoms with Gasteiger partial charge in [-0.25, -0.2) is 9.97 Å². The molecule has 0 aromatic carbocycles. The predicted octanol–water partition coefficient (Wildman–Crippen LogP) is 2.18. The van der Waals surface area contributed by atoms with Gasteiger partial charge in [0.2, 0.25) is 0 Å². The fourth-order valence-corrected chi connectivity index (χ4v) is 1.32. The molecule has 0 atom stereocenters. The molecule has 0 saturated carbocycles. The Kier molecular flexibility index (Phi) is 4.92. The monoisotopic (exact) mass is 221 g/mol. The summed E-state index contributed by atoms with van der Waals surface area (Å²) >= 11 is 0. The lowest BCUT2D eigenvalue weighted by Gasteiger charge is -2.10. The molecule has 1 N–H and O–H groups in total. The van der Waals surface area contributed by atoms with Gasteiger partial charge in [0, 0.05) is 24.9 Å². The molecular weight excluding hydrogens is 202 g/mol. The van der Waals surface area contributed by atoms with Crippen LogP contribution in [0.1, 0.15) is 24.0 Å². The van der Waals surface area contributed by atoms with Crippen molar-refractivity contribution < 1.29 is 4.74 Å². The first-order chi connectivity index (χ1) is 7.69. The first kappa shape index (κ1) is 12.6. The van der Waals surface area contributed by atoms with Gasteiger partial charge in [-0.05, 0) is 26.8 Å². The maximum atomic E-state index is 4.99. The third-order valence-electron chi connectivity index (χ3n) is 2.32. The minimum absolute atomic E-state index is 0.668. The highest BCUT2D eigenvalue weighted by Gasteiger charge is 2.05. The molecule has 1 aromatic rings. The quantitative estimate of drug-likeness (QED) is 0.774. The lowest BCUT2D eigenvalue weighted by Crippen LogP contribution is -2.11. The van der Waals surface area contributed by atoms with Crippen LogP contribution in [0.25, 0.3) is 6.08 Å². The Morgan fingerprint density at radius 3 is 2.69 bits per heavy atom. The summed E-state index contributed by atoms with van der Waals surface area (Å²) in [6.07, 6.45) is 3.83. The molecule has 0 aliphatic rings. The van der Waals surface area contributed by atoms with E-state index in [1.54, 1.807) is 7.11 Å². The molecule has 0 spiro atoms. The summed E-state index contributed by atoms with van der Waals surface area (Å²) in [5.74, 6) is 1.63. The van der Waals surface area contributed by atoms with Crippen molar-refractivity contribution in [3.63, 3.8) is 0 Å². The highest BCUT2D eigenvalue weighted by atomic mass is 16.5. The minimum atomic E-state index is 0.668. The maximum Gasteiger partial charge on any atom is 0.154 e. The maximum absolute atomic E-state index is 4.99. The number of nitrogens with zero attached hydrogens (tertiary/aromatic N) is 2. The van der Waals surface area contributed by atoms with E-state index in [-0.39, 0.29) is 0 Å². The SMILES string of the molecule is CC=Cc1nc(C)c(C)c(NCCOC)n1. The van der Waals surface area contributed by atoms with Crippen LogP contribution in [-0.4, -0.2) is 30.2 Å². The summed E-state index contributed by atoms with van der Waals surface area (Å²) in [6.45, 7) is 7.39. The average molecular weight is 221 g/mol. The van der Waals surface area contributed by atoms with Gasteiger partial charge < -0.3 is 10.1 Å². The van der Waals surface area contributed by atoms with E-state index in [0.717, 1.165) is 29.4 Å². The van der Waals surface area contributed by atoms with Crippen LogP contribution >= 0.6 is 0 Å². The molecule has 4 nitrogen and oxygen atoms in total. The highest BCUT2D eigenvalue weighted by molar-refractivity contribution is 5.50. The molecule has 1 rings (SSSR count). The van der Waals surface area contributed by atoms with Gasteiger partial charge in [-0.15, -0.1) is 0 Å². The molecule has 0 aliphatic heterocycles. The van der Waals surface area contributed by atoms with Crippen LogP contribution in [0.4, 0.5) is 5.82 Å². The number of ether oxygens (including phenoxy) is 1. The van der Waals surface area contributed by atoms with Gasteiger partial charge >= 0.3 is 0 Å². The Labute approximate surface area is 96.8 Å². The van der Waals surface area contributed by atoms with Crippen LogP contribution in [0.5, 0.6) is 0 Å². The summed E-state index contributed by atoms with van der Waals surface area (Å²) in [6, 6.07) is 0. The molecule has 1 aromatic heterocycles. The largest absolute Gasteiger partial charge is 0.383 e. The van der Waals surface area contributed by atoms with Gasteiger partial charge in [0.25, 0.3) is 0 Å². The van der Waals surface area contributed by atoms with E-state index >= 15 is 0 Å². The second-order valence-electron chi connectivity index (χ2n) is 3.56. The van der Waals surface area contributed by atoms with Gasteiger partial charge in [0.15, 0.2) is 5.82 Å². The van der Waals surface area contributed by atoms with Crippen LogP contribution in [0.15, 0.2) is 6.08 Å². The third kappa shape index (κ3) is 3.31. The molecular formula is C12H19N3O. The molecule has 0 fully saturated rings. The van der Waals surface area contributed by atoms with E-state index in [1.165, 1.54) is 0 Å². The normalized spacial score (nSPS) is 11.0. The first-order valence-corrected chi connectivity index (χ1v) is 5.39. The zero-order chi connectivity index (χ0) is 12.0. The van der Waals surface area contributed by atoms with Gasteiger partial charge in [0.05, 0.1) is 6.61 Å². The zero-order valence-corrected chi connectivity index (χ0v) is 10.4. The standard InChI is InChI=1S/C12H19N3O/c1-5-6-11-14-10(3)9(2)12(15-11)13-7-8-16-4/h5-6H,7-8H2,1-4H3,(H,13,14,15). The summed E-state index contributed by atoms with van der Waals surface area (Å²) in [7, 11) is 1.69. The number of methoxy groups -OCH3 is 1. The van der Waals surface area contributed by atoms with E-state index in [9.17, 15) is 0 Å². The summed E-state index contributed by atoms with van der Waals surface area (Å²) in [4.78, 5) is 8.81. The number of hydrogen-bond acceptors (Lipinski definition) is 4. The van der Waals surface area contributed by atoms with E-state index in [0.29, 0.717) is 6.61 Å². The summed E-state index contributed by atoms with van der Waals surface area (Å²) in [5, 5.41) is 3.24. The number of rotatable bonds is 5. The Hall–Kier alpha value is -1.42. The Morgan fingerprint density at radius 1 is 1.31 bits per heavy atom. The van der Waals surface area contributed by atoms with Crippen LogP contribution in [0.3, 0.4) is 0 Å². The van der Waals surface area contributed by atoms with Crippen molar-refractivity contribution in [3.8, 4) is 0 Å². The van der Waals surface area contributed by atoms with Crippen molar-refractivity contribution in [2.75, 3.05) is 25.6 Å². The number of aromatic nitrogens is 2. The van der Waals surface area contributed by atoms with Gasteiger partial charge in [-0.3, -0.25) is 0 Å². The first-order valence-electron chi connectivity index (χ1n) is 5.39. The third-order valence-corrected chi connectivity index (χ3v) is 2.32. The number of hydrogen-bond donors (Lipinski definition) is 1. The predicted molar refractivity (Wildman–Crippen MR) is 66.6 cm³/mol. The van der Waals surface area contributed by atoms with E-state index in [4.69, 9.17) is 4.74 Å². The molecule has 0 radical (unpaired) electrons. The fraction of sp³-hybridized carbons (Fsp3) is 0.500. The topological polar surface area (TPSA) is 47.0 Å². The van der Waals surface area contributed by atoms with Gasteiger partial charge in [-0.1, -0.05) is 6.08 Å². The van der Waals surface area contributed by atoms with E-state index in [1.807, 2.05) is 32.9 Å². The van der Waals surface area contributed by atoms with Crippen molar-refractivity contribution in [1.82, 2.24) is 9.97 Å². The minimum Gasteiger partial charge on any atom is -0.383 e. The smallest absolute Gasteiger partial charge is 0.154 e. The van der Waals surface area contributed by atoms with E-state index in [2.05, 4.69) is 15.3 Å². The summed E-state index contributed by atoms with van der Waals surface area (Å²) in [5.41, 5.74) is 2.09. The van der Waals surface area contributed by atoms with Gasteiger partial charge in [-0.2, -0.15) is 0 Å². The molecule has 0 aliphatic carbocycles. The molecule has 16 heavy (non-hydrogen) atoms. The Bertz CT molecular complexity index is 375. The lowest BCUT2D eigenvalue weighted by molar-refractivity contribution is 0.210. The average Bonchev–Trinajstić information content (AvgIpc) is 2.25. The second kappa shape index (κ2) is 6.23. The fourth-order valence-electron chi connectivity index (χ4n) is 1.32. The van der Waals surface area contributed by atoms with Crippen molar-refractivity contribution in [2.45, 2.75) is 20.8 Å². The number of aryl methyl sites for hydroxylation is 1. The molecule has 0 bridgehead atoms. The summed E-state index contributed by atoms with van der Waals surface area (Å²) < 4.78 is 4.99. The number of nitrogens with one attached hydrogen (secondary N) is 1. The van der Waals surface area contributed by atoms with Crippen LogP contribution in [0, 0.1) is 13.8 Å². The van der Waals surface area contributed by atoms with Crippen LogP contribution in [0.2, 0.25) is 0 Å². The molecule has 0 saturated heterocycles.